The standard InChI is InChI=1S/C11H12FNO4/c1-6(15)13-9-4-7(5-14)3-8(12)10(9)11(16)17-2/h3-4,14H,5H2,1-2H3,(H,13,15). The predicted octanol–water partition coefficient (Wildman–Crippen LogP) is 1.06. The molecule has 1 aromatic carbocycles. The lowest BCUT2D eigenvalue weighted by molar-refractivity contribution is -0.114. The molecule has 1 amide bonds. The third-order valence-corrected chi connectivity index (χ3v) is 2.03. The molecule has 0 aromatic heterocycles. The van der Waals surface area contributed by atoms with Crippen LogP contribution in [0.25, 0.3) is 0 Å². The van der Waals surface area contributed by atoms with E-state index < -0.39 is 24.3 Å². The number of aliphatic hydroxyl groups is 1. The van der Waals surface area contributed by atoms with Crippen molar-refractivity contribution in [2.75, 3.05) is 12.4 Å². The molecule has 17 heavy (non-hydrogen) atoms. The number of rotatable bonds is 3. The van der Waals surface area contributed by atoms with E-state index in [1.165, 1.54) is 13.0 Å². The molecular weight excluding hydrogens is 229 g/mol. The van der Waals surface area contributed by atoms with E-state index in [2.05, 4.69) is 10.1 Å². The number of methoxy groups -OCH3 is 1. The molecule has 1 rings (SSSR count). The van der Waals surface area contributed by atoms with Gasteiger partial charge in [-0.1, -0.05) is 0 Å². The monoisotopic (exact) mass is 241 g/mol. The topological polar surface area (TPSA) is 75.6 Å². The van der Waals surface area contributed by atoms with Crippen molar-refractivity contribution in [1.29, 1.82) is 0 Å². The van der Waals surface area contributed by atoms with Gasteiger partial charge in [0.05, 0.1) is 19.4 Å². The maximum atomic E-state index is 13.6. The molecule has 0 aliphatic heterocycles. The van der Waals surface area contributed by atoms with Gasteiger partial charge in [-0.25, -0.2) is 9.18 Å². The van der Waals surface area contributed by atoms with Crippen LogP contribution < -0.4 is 5.32 Å². The van der Waals surface area contributed by atoms with Crippen molar-refractivity contribution < 1.29 is 23.8 Å². The van der Waals surface area contributed by atoms with E-state index in [-0.39, 0.29) is 16.8 Å². The smallest absolute Gasteiger partial charge is 0.342 e. The van der Waals surface area contributed by atoms with Crippen LogP contribution in [0.5, 0.6) is 0 Å². The highest BCUT2D eigenvalue weighted by Crippen LogP contribution is 2.22. The number of ether oxygens (including phenoxy) is 1. The minimum atomic E-state index is -0.893. The summed E-state index contributed by atoms with van der Waals surface area (Å²) in [5, 5.41) is 11.2. The van der Waals surface area contributed by atoms with Crippen molar-refractivity contribution in [3.8, 4) is 0 Å². The summed E-state index contributed by atoms with van der Waals surface area (Å²) in [5.41, 5.74) is -0.132. The number of halogens is 1. The first-order chi connectivity index (χ1) is 7.99. The van der Waals surface area contributed by atoms with Crippen molar-refractivity contribution in [2.24, 2.45) is 0 Å². The first kappa shape index (κ1) is 13.1. The number of anilines is 1. The van der Waals surface area contributed by atoms with Crippen LogP contribution in [0, 0.1) is 5.82 Å². The highest BCUT2D eigenvalue weighted by atomic mass is 19.1. The van der Waals surface area contributed by atoms with Crippen molar-refractivity contribution >= 4 is 17.6 Å². The van der Waals surface area contributed by atoms with Gasteiger partial charge < -0.3 is 15.2 Å². The molecule has 0 aliphatic carbocycles. The number of amides is 1. The number of hydrogen-bond acceptors (Lipinski definition) is 4. The van der Waals surface area contributed by atoms with Crippen molar-refractivity contribution in [3.63, 3.8) is 0 Å². The zero-order chi connectivity index (χ0) is 13.0. The van der Waals surface area contributed by atoms with E-state index >= 15 is 0 Å². The Morgan fingerprint density at radius 2 is 2.12 bits per heavy atom. The fourth-order valence-corrected chi connectivity index (χ4v) is 1.35. The summed E-state index contributed by atoms with van der Waals surface area (Å²) in [6, 6.07) is 2.33. The minimum Gasteiger partial charge on any atom is -0.465 e. The SMILES string of the molecule is COC(=O)c1c(F)cc(CO)cc1NC(C)=O. The summed E-state index contributed by atoms with van der Waals surface area (Å²) >= 11 is 0. The van der Waals surface area contributed by atoms with Crippen molar-refractivity contribution in [2.45, 2.75) is 13.5 Å². The number of hydrogen-bond donors (Lipinski definition) is 2. The van der Waals surface area contributed by atoms with E-state index in [1.54, 1.807) is 0 Å². The first-order valence-corrected chi connectivity index (χ1v) is 4.78. The molecule has 92 valence electrons. The molecule has 2 N–H and O–H groups in total. The molecule has 0 saturated heterocycles. The Morgan fingerprint density at radius 3 is 2.59 bits per heavy atom. The zero-order valence-electron chi connectivity index (χ0n) is 9.41. The lowest BCUT2D eigenvalue weighted by atomic mass is 10.1. The molecule has 0 atom stereocenters. The summed E-state index contributed by atoms with van der Waals surface area (Å²) in [7, 11) is 1.11. The second-order valence-electron chi connectivity index (χ2n) is 3.33. The highest BCUT2D eigenvalue weighted by molar-refractivity contribution is 6.01. The van der Waals surface area contributed by atoms with Gasteiger partial charge in [-0.2, -0.15) is 0 Å². The van der Waals surface area contributed by atoms with Crippen LogP contribution in [0.2, 0.25) is 0 Å². The molecule has 0 aliphatic rings. The number of carbonyl (C=O) groups excluding carboxylic acids is 2. The maximum Gasteiger partial charge on any atom is 0.342 e. The predicted molar refractivity (Wildman–Crippen MR) is 58.0 cm³/mol. The van der Waals surface area contributed by atoms with Gasteiger partial charge in [0.2, 0.25) is 5.91 Å². The molecule has 0 bridgehead atoms. The Morgan fingerprint density at radius 1 is 1.47 bits per heavy atom. The Bertz CT molecular complexity index is 459. The summed E-state index contributed by atoms with van der Waals surface area (Å²) in [6.07, 6.45) is 0. The fraction of sp³-hybridized carbons (Fsp3) is 0.273. The summed E-state index contributed by atoms with van der Waals surface area (Å²) in [5.74, 6) is -2.20. The summed E-state index contributed by atoms with van der Waals surface area (Å²) in [4.78, 5) is 22.3. The molecule has 1 aromatic rings. The fourth-order valence-electron chi connectivity index (χ4n) is 1.35. The van der Waals surface area contributed by atoms with Gasteiger partial charge in [-0.15, -0.1) is 0 Å². The van der Waals surface area contributed by atoms with Crippen molar-refractivity contribution in [1.82, 2.24) is 0 Å². The molecule has 0 fully saturated rings. The number of benzene rings is 1. The number of esters is 1. The van der Waals surface area contributed by atoms with Crippen LogP contribution in [-0.4, -0.2) is 24.1 Å². The summed E-state index contributed by atoms with van der Waals surface area (Å²) < 4.78 is 18.0. The van der Waals surface area contributed by atoms with Gasteiger partial charge in [-0.05, 0) is 17.7 Å². The highest BCUT2D eigenvalue weighted by Gasteiger charge is 2.19. The Kier molecular flexibility index (Phi) is 4.17. The lowest BCUT2D eigenvalue weighted by Gasteiger charge is -2.11. The maximum absolute atomic E-state index is 13.6. The van der Waals surface area contributed by atoms with E-state index in [0.29, 0.717) is 0 Å². The average Bonchev–Trinajstić information content (AvgIpc) is 2.26. The van der Waals surface area contributed by atoms with Crippen LogP contribution in [0.1, 0.15) is 22.8 Å². The number of aliphatic hydroxyl groups excluding tert-OH is 1. The van der Waals surface area contributed by atoms with Gasteiger partial charge >= 0.3 is 5.97 Å². The molecule has 0 spiro atoms. The van der Waals surface area contributed by atoms with Gasteiger partial charge in [-0.3, -0.25) is 4.79 Å². The second-order valence-corrected chi connectivity index (χ2v) is 3.33. The Hall–Kier alpha value is -1.95. The van der Waals surface area contributed by atoms with Crippen molar-refractivity contribution in [3.05, 3.63) is 29.1 Å². The zero-order valence-corrected chi connectivity index (χ0v) is 9.41. The lowest BCUT2D eigenvalue weighted by Crippen LogP contribution is -2.14. The molecular formula is C11H12FNO4. The molecule has 6 heteroatoms. The third-order valence-electron chi connectivity index (χ3n) is 2.03. The molecule has 0 radical (unpaired) electrons. The van der Waals surface area contributed by atoms with E-state index in [9.17, 15) is 14.0 Å². The van der Waals surface area contributed by atoms with E-state index in [0.717, 1.165) is 13.2 Å². The number of carbonyl (C=O) groups is 2. The van der Waals surface area contributed by atoms with E-state index in [4.69, 9.17) is 5.11 Å². The molecule has 0 saturated carbocycles. The Balaban J connectivity index is 3.33. The van der Waals surface area contributed by atoms with Crippen LogP contribution in [0.4, 0.5) is 10.1 Å². The number of nitrogens with one attached hydrogen (secondary N) is 1. The normalized spacial score (nSPS) is 9.88. The average molecular weight is 241 g/mol. The van der Waals surface area contributed by atoms with Gasteiger partial charge in [0.15, 0.2) is 0 Å². The quantitative estimate of drug-likeness (QED) is 0.776. The van der Waals surface area contributed by atoms with Gasteiger partial charge in [0, 0.05) is 6.92 Å². The van der Waals surface area contributed by atoms with Gasteiger partial charge in [0.1, 0.15) is 11.4 Å². The minimum absolute atomic E-state index is 0.0200. The van der Waals surface area contributed by atoms with E-state index in [1.807, 2.05) is 0 Å². The largest absolute Gasteiger partial charge is 0.465 e. The molecule has 0 heterocycles. The van der Waals surface area contributed by atoms with Crippen LogP contribution >= 0.6 is 0 Å². The molecule has 5 nitrogen and oxygen atoms in total. The Labute approximate surface area is 97.2 Å². The molecule has 0 unspecified atom stereocenters. The van der Waals surface area contributed by atoms with Gasteiger partial charge in [0.25, 0.3) is 0 Å². The van der Waals surface area contributed by atoms with Crippen LogP contribution in [0.15, 0.2) is 12.1 Å². The van der Waals surface area contributed by atoms with Crippen LogP contribution in [0.3, 0.4) is 0 Å². The van der Waals surface area contributed by atoms with Crippen LogP contribution in [-0.2, 0) is 16.1 Å². The third kappa shape index (κ3) is 3.01. The first-order valence-electron chi connectivity index (χ1n) is 4.78. The second kappa shape index (κ2) is 5.40. The summed E-state index contributed by atoms with van der Waals surface area (Å²) in [6.45, 7) is 0.829.